The number of hydrogen-bond donors (Lipinski definition) is 0. The summed E-state index contributed by atoms with van der Waals surface area (Å²) in [6, 6.07) is 0. The van der Waals surface area contributed by atoms with Crippen LogP contribution < -0.4 is 0 Å². The number of rotatable bonds is 0. The Morgan fingerprint density at radius 2 is 2.07 bits per heavy atom. The van der Waals surface area contributed by atoms with Gasteiger partial charge in [0.15, 0.2) is 0 Å². The molecule has 0 aliphatic carbocycles. The molecule has 0 saturated carbocycles. The van der Waals surface area contributed by atoms with Crippen molar-refractivity contribution in [1.82, 2.24) is 4.90 Å². The Kier molecular flexibility index (Phi) is 4.83. The molecule has 0 spiro atoms. The zero-order valence-corrected chi connectivity index (χ0v) is 10.9. The number of nitrogens with zero attached hydrogens (tertiary/aromatic N) is 1. The average Bonchev–Trinajstić information content (AvgIpc) is 2.06. The van der Waals surface area contributed by atoms with Crippen molar-refractivity contribution >= 4 is 0 Å². The fourth-order valence-electron chi connectivity index (χ4n) is 1.04. The third-order valence-corrected chi connectivity index (χ3v) is 1.68. The summed E-state index contributed by atoms with van der Waals surface area (Å²) in [7, 11) is 1.43. The van der Waals surface area contributed by atoms with E-state index in [-0.39, 0.29) is 43.9 Å². The van der Waals surface area contributed by atoms with Crippen molar-refractivity contribution < 1.29 is 45.9 Å². The van der Waals surface area contributed by atoms with Crippen LogP contribution in [0.1, 0.15) is 0 Å². The first-order valence-electron chi connectivity index (χ1n) is 3.68. The van der Waals surface area contributed by atoms with Gasteiger partial charge in [0.2, 0.25) is 0 Å². The Bertz CT molecular complexity index is 371. The van der Waals surface area contributed by atoms with Gasteiger partial charge in [0, 0.05) is 32.7 Å². The van der Waals surface area contributed by atoms with Gasteiger partial charge in [0.1, 0.15) is 0 Å². The van der Waals surface area contributed by atoms with Gasteiger partial charge in [-0.1, -0.05) is 23.9 Å². The summed E-state index contributed by atoms with van der Waals surface area (Å²) in [6.45, 7) is 3.29. The second-order valence-electron chi connectivity index (χ2n) is 2.76. The molecule has 0 aromatic rings. The first kappa shape index (κ1) is 14.5. The Balaban J connectivity index is 0.00000196. The van der Waals surface area contributed by atoms with Gasteiger partial charge in [0.05, 0.1) is 0 Å². The van der Waals surface area contributed by atoms with Crippen LogP contribution >= 0.6 is 0 Å². The van der Waals surface area contributed by atoms with Crippen molar-refractivity contribution in [2.75, 3.05) is 7.05 Å². The van der Waals surface area contributed by atoms with Crippen molar-refractivity contribution in [3.63, 3.8) is 0 Å². The molecule has 1 aliphatic rings. The first-order chi connectivity index (χ1) is 6.36. The van der Waals surface area contributed by atoms with Crippen LogP contribution in [0, 0.1) is 18.5 Å². The minimum atomic E-state index is -4.47. The molecule has 0 N–H and O–H groups in total. The molecule has 1 aliphatic heterocycles. The number of alkyl halides is 3. The van der Waals surface area contributed by atoms with Crippen molar-refractivity contribution in [3.8, 4) is 12.3 Å². The molecule has 0 atom stereocenters. The molecule has 0 saturated heterocycles. The van der Waals surface area contributed by atoms with Gasteiger partial charge in [-0.25, -0.2) is 0 Å². The molecule has 1 heterocycles. The largest absolute Gasteiger partial charge is 0.462 e. The van der Waals surface area contributed by atoms with Crippen LogP contribution in [0.4, 0.5) is 13.2 Å². The van der Waals surface area contributed by atoms with Crippen LogP contribution in [0.5, 0.6) is 0 Å². The maximum Gasteiger partial charge on any atom is 0.396 e. The van der Waals surface area contributed by atoms with Gasteiger partial charge < -0.3 is 4.90 Å². The number of allylic oxidation sites excluding steroid dienone is 3. The van der Waals surface area contributed by atoms with Crippen LogP contribution in [-0.2, 0) is 32.7 Å². The summed E-state index contributed by atoms with van der Waals surface area (Å²) in [5.74, 6) is 2.15. The molecule has 0 unspecified atom stereocenters. The molecule has 0 aromatic carbocycles. The van der Waals surface area contributed by atoms with E-state index in [9.17, 15) is 13.2 Å². The number of hydrogen-bond acceptors (Lipinski definition) is 1. The van der Waals surface area contributed by atoms with Crippen LogP contribution in [0.2, 0.25) is 0 Å². The Hall–Kier alpha value is -0.526. The second kappa shape index (κ2) is 5.00. The third kappa shape index (κ3) is 3.22. The standard InChI is InChI=1S/C10H7F3N.Y/c1-4-8-5-14(3)6-9(7(8)2)10(11,12)13;/h1,5H,2H2,3H3;/q-1;. The summed E-state index contributed by atoms with van der Waals surface area (Å²) in [4.78, 5) is 1.15. The first-order valence-corrected chi connectivity index (χ1v) is 3.68. The quantitative estimate of drug-likeness (QED) is 0.488. The van der Waals surface area contributed by atoms with Crippen molar-refractivity contribution in [2.45, 2.75) is 6.18 Å². The molecule has 0 aromatic heterocycles. The van der Waals surface area contributed by atoms with Crippen molar-refractivity contribution in [2.24, 2.45) is 0 Å². The van der Waals surface area contributed by atoms with Crippen LogP contribution in [0.3, 0.4) is 0 Å². The maximum absolute atomic E-state index is 12.4. The van der Waals surface area contributed by atoms with E-state index in [1.54, 1.807) is 0 Å². The fraction of sp³-hybridized carbons (Fsp3) is 0.200. The molecule has 0 bridgehead atoms. The van der Waals surface area contributed by atoms with Gasteiger partial charge in [-0.3, -0.25) is 0 Å². The van der Waals surface area contributed by atoms with Gasteiger partial charge in [-0.05, 0) is 12.6 Å². The molecule has 1 rings (SSSR count). The third-order valence-electron chi connectivity index (χ3n) is 1.68. The Morgan fingerprint density at radius 1 is 1.53 bits per heavy atom. The summed E-state index contributed by atoms with van der Waals surface area (Å²) in [5.41, 5.74) is -1.01. The van der Waals surface area contributed by atoms with Gasteiger partial charge in [0.25, 0.3) is 0 Å². The van der Waals surface area contributed by atoms with E-state index in [1.807, 2.05) is 0 Å². The van der Waals surface area contributed by atoms with Gasteiger partial charge in [-0.2, -0.15) is 13.2 Å². The monoisotopic (exact) mass is 287 g/mol. The summed E-state index contributed by atoms with van der Waals surface area (Å²) in [5, 5.41) is 0. The van der Waals surface area contributed by atoms with E-state index in [2.05, 4.69) is 18.7 Å². The SMILES string of the molecule is C#CC1=CN(C)[C-]=C(C(F)(F)F)C1=C.[Y]. The average molecular weight is 287 g/mol. The number of terminal acetylenes is 1. The van der Waals surface area contributed by atoms with Crippen LogP contribution in [-0.4, -0.2) is 18.1 Å². The van der Waals surface area contributed by atoms with E-state index in [1.165, 1.54) is 13.2 Å². The van der Waals surface area contributed by atoms with E-state index < -0.39 is 11.7 Å². The van der Waals surface area contributed by atoms with E-state index in [4.69, 9.17) is 6.42 Å². The Labute approximate surface area is 112 Å². The molecular formula is C10H7F3NY-. The van der Waals surface area contributed by atoms with Crippen molar-refractivity contribution in [1.29, 1.82) is 0 Å². The maximum atomic E-state index is 12.4. The minimum absolute atomic E-state index is 0. The fourth-order valence-corrected chi connectivity index (χ4v) is 1.04. The van der Waals surface area contributed by atoms with Crippen LogP contribution in [0.15, 0.2) is 29.5 Å². The summed E-state index contributed by atoms with van der Waals surface area (Å²) < 4.78 is 37.2. The summed E-state index contributed by atoms with van der Waals surface area (Å²) in [6.07, 6.45) is 4.07. The molecule has 0 amide bonds. The zero-order valence-electron chi connectivity index (χ0n) is 8.02. The van der Waals surface area contributed by atoms with E-state index >= 15 is 0 Å². The smallest absolute Gasteiger partial charge is 0.396 e. The van der Waals surface area contributed by atoms with E-state index in [0.29, 0.717) is 0 Å². The van der Waals surface area contributed by atoms with Crippen LogP contribution in [0.25, 0.3) is 0 Å². The Morgan fingerprint density at radius 3 is 2.47 bits per heavy atom. The summed E-state index contributed by atoms with van der Waals surface area (Å²) >= 11 is 0. The molecular weight excluding hydrogens is 280 g/mol. The molecule has 15 heavy (non-hydrogen) atoms. The number of halogens is 3. The molecule has 5 heteroatoms. The predicted molar refractivity (Wildman–Crippen MR) is 46.6 cm³/mol. The van der Waals surface area contributed by atoms with Crippen molar-refractivity contribution in [3.05, 3.63) is 35.7 Å². The normalized spacial score (nSPS) is 16.2. The molecule has 1 nitrogen and oxygen atoms in total. The van der Waals surface area contributed by atoms with Gasteiger partial charge in [-0.15, -0.1) is 18.6 Å². The minimum Gasteiger partial charge on any atom is -0.462 e. The van der Waals surface area contributed by atoms with E-state index in [0.717, 1.165) is 4.90 Å². The molecule has 1 radical (unpaired) electrons. The second-order valence-corrected chi connectivity index (χ2v) is 2.76. The molecule has 0 fully saturated rings. The van der Waals surface area contributed by atoms with Gasteiger partial charge >= 0.3 is 6.18 Å². The zero-order chi connectivity index (χ0) is 10.9. The molecule has 77 valence electrons. The predicted octanol–water partition coefficient (Wildman–Crippen LogP) is 2.25. The topological polar surface area (TPSA) is 3.24 Å².